The molecule has 1 N–H and O–H groups in total. The monoisotopic (exact) mass is 293 g/mol. The standard InChI is InChI=1S/C13H16BrN3/c1-9-4-5-12(11(14)8-9)16-10(2)13-6-7-15-17(13)3/h4-8,10,16H,1-3H3. The van der Waals surface area contributed by atoms with Gasteiger partial charge in [0.15, 0.2) is 0 Å². The van der Waals surface area contributed by atoms with Gasteiger partial charge in [0.05, 0.1) is 11.7 Å². The van der Waals surface area contributed by atoms with Crippen molar-refractivity contribution in [3.63, 3.8) is 0 Å². The fraction of sp³-hybridized carbons (Fsp3) is 0.308. The molecular formula is C13H16BrN3. The summed E-state index contributed by atoms with van der Waals surface area (Å²) in [6, 6.07) is 8.55. The van der Waals surface area contributed by atoms with Crippen LogP contribution in [0.15, 0.2) is 34.9 Å². The van der Waals surface area contributed by atoms with E-state index in [1.54, 1.807) is 0 Å². The molecule has 1 aromatic heterocycles. The van der Waals surface area contributed by atoms with Gasteiger partial charge in [0.2, 0.25) is 0 Å². The lowest BCUT2D eigenvalue weighted by Crippen LogP contribution is -2.11. The minimum atomic E-state index is 0.224. The van der Waals surface area contributed by atoms with Crippen LogP contribution in [-0.4, -0.2) is 9.78 Å². The zero-order chi connectivity index (χ0) is 12.4. The highest BCUT2D eigenvalue weighted by Crippen LogP contribution is 2.27. The molecule has 0 aliphatic rings. The first-order valence-electron chi connectivity index (χ1n) is 5.58. The number of hydrogen-bond acceptors (Lipinski definition) is 2. The molecule has 1 atom stereocenters. The van der Waals surface area contributed by atoms with Gasteiger partial charge >= 0.3 is 0 Å². The maximum atomic E-state index is 4.18. The number of aryl methyl sites for hydroxylation is 2. The largest absolute Gasteiger partial charge is 0.376 e. The molecule has 0 aliphatic carbocycles. The Balaban J connectivity index is 2.19. The van der Waals surface area contributed by atoms with Crippen LogP contribution in [0.3, 0.4) is 0 Å². The quantitative estimate of drug-likeness (QED) is 0.936. The Morgan fingerprint density at radius 1 is 1.35 bits per heavy atom. The van der Waals surface area contributed by atoms with Gasteiger partial charge in [-0.3, -0.25) is 4.68 Å². The Hall–Kier alpha value is -1.29. The number of benzene rings is 1. The fourth-order valence-electron chi connectivity index (χ4n) is 1.85. The molecular weight excluding hydrogens is 278 g/mol. The lowest BCUT2D eigenvalue weighted by atomic mass is 10.2. The zero-order valence-corrected chi connectivity index (χ0v) is 11.8. The summed E-state index contributed by atoms with van der Waals surface area (Å²) in [6.07, 6.45) is 1.82. The van der Waals surface area contributed by atoms with Crippen molar-refractivity contribution < 1.29 is 0 Å². The molecule has 4 heteroatoms. The molecule has 1 unspecified atom stereocenters. The van der Waals surface area contributed by atoms with Crippen LogP contribution in [0.2, 0.25) is 0 Å². The Morgan fingerprint density at radius 3 is 2.71 bits per heavy atom. The summed E-state index contributed by atoms with van der Waals surface area (Å²) in [5, 5.41) is 7.65. The zero-order valence-electron chi connectivity index (χ0n) is 10.2. The van der Waals surface area contributed by atoms with Crippen LogP contribution in [0, 0.1) is 6.92 Å². The summed E-state index contributed by atoms with van der Waals surface area (Å²) >= 11 is 3.57. The molecule has 0 saturated carbocycles. The van der Waals surface area contributed by atoms with Gasteiger partial charge in [-0.1, -0.05) is 6.07 Å². The van der Waals surface area contributed by atoms with Gasteiger partial charge in [0.1, 0.15) is 0 Å². The first-order valence-corrected chi connectivity index (χ1v) is 6.38. The molecule has 0 saturated heterocycles. The first-order chi connectivity index (χ1) is 8.08. The lowest BCUT2D eigenvalue weighted by molar-refractivity contribution is 0.675. The van der Waals surface area contributed by atoms with Crippen LogP contribution in [-0.2, 0) is 7.05 Å². The Bertz CT molecular complexity index is 519. The second kappa shape index (κ2) is 4.92. The summed E-state index contributed by atoms with van der Waals surface area (Å²) < 4.78 is 2.98. The molecule has 0 spiro atoms. The molecule has 0 amide bonds. The summed E-state index contributed by atoms with van der Waals surface area (Å²) in [6.45, 7) is 4.21. The minimum Gasteiger partial charge on any atom is -0.376 e. The van der Waals surface area contributed by atoms with Gasteiger partial charge in [0, 0.05) is 23.4 Å². The van der Waals surface area contributed by atoms with Gasteiger partial charge in [-0.05, 0) is 53.5 Å². The predicted molar refractivity (Wildman–Crippen MR) is 74.1 cm³/mol. The van der Waals surface area contributed by atoms with Crippen molar-refractivity contribution in [2.75, 3.05) is 5.32 Å². The first kappa shape index (κ1) is 12.2. The molecule has 0 fully saturated rings. The van der Waals surface area contributed by atoms with E-state index in [1.807, 2.05) is 24.0 Å². The van der Waals surface area contributed by atoms with Crippen molar-refractivity contribution in [3.05, 3.63) is 46.2 Å². The highest BCUT2D eigenvalue weighted by atomic mass is 79.9. The van der Waals surface area contributed by atoms with Gasteiger partial charge < -0.3 is 5.32 Å². The van der Waals surface area contributed by atoms with E-state index in [0.29, 0.717) is 0 Å². The van der Waals surface area contributed by atoms with E-state index in [-0.39, 0.29) is 6.04 Å². The SMILES string of the molecule is Cc1ccc(NC(C)c2ccnn2C)c(Br)c1. The number of anilines is 1. The molecule has 3 nitrogen and oxygen atoms in total. The van der Waals surface area contributed by atoms with Gasteiger partial charge in [-0.25, -0.2) is 0 Å². The van der Waals surface area contributed by atoms with Crippen molar-refractivity contribution in [1.29, 1.82) is 0 Å². The summed E-state index contributed by atoms with van der Waals surface area (Å²) in [5.74, 6) is 0. The van der Waals surface area contributed by atoms with Crippen LogP contribution in [0.1, 0.15) is 24.2 Å². The van der Waals surface area contributed by atoms with E-state index >= 15 is 0 Å². The van der Waals surface area contributed by atoms with E-state index in [2.05, 4.69) is 58.4 Å². The van der Waals surface area contributed by atoms with Crippen LogP contribution < -0.4 is 5.32 Å². The molecule has 2 aromatic rings. The Labute approximate surface area is 110 Å². The smallest absolute Gasteiger partial charge is 0.0654 e. The number of hydrogen-bond donors (Lipinski definition) is 1. The third kappa shape index (κ3) is 2.69. The predicted octanol–water partition coefficient (Wildman–Crippen LogP) is 3.66. The third-order valence-electron chi connectivity index (χ3n) is 2.80. The molecule has 17 heavy (non-hydrogen) atoms. The van der Waals surface area contributed by atoms with E-state index in [4.69, 9.17) is 0 Å². The highest BCUT2D eigenvalue weighted by molar-refractivity contribution is 9.10. The van der Waals surface area contributed by atoms with Crippen molar-refractivity contribution in [2.24, 2.45) is 7.05 Å². The lowest BCUT2D eigenvalue weighted by Gasteiger charge is -2.17. The molecule has 2 rings (SSSR count). The Kier molecular flexibility index (Phi) is 3.52. The van der Waals surface area contributed by atoms with Gasteiger partial charge in [0.25, 0.3) is 0 Å². The summed E-state index contributed by atoms with van der Waals surface area (Å²) in [4.78, 5) is 0. The van der Waals surface area contributed by atoms with Crippen LogP contribution >= 0.6 is 15.9 Å². The summed E-state index contributed by atoms with van der Waals surface area (Å²) in [7, 11) is 1.96. The van der Waals surface area contributed by atoms with E-state index in [1.165, 1.54) is 5.56 Å². The topological polar surface area (TPSA) is 29.9 Å². The Morgan fingerprint density at radius 2 is 2.12 bits per heavy atom. The highest BCUT2D eigenvalue weighted by Gasteiger charge is 2.10. The molecule has 1 heterocycles. The molecule has 1 aromatic carbocycles. The van der Waals surface area contributed by atoms with E-state index < -0.39 is 0 Å². The van der Waals surface area contributed by atoms with Crippen molar-refractivity contribution in [2.45, 2.75) is 19.9 Å². The van der Waals surface area contributed by atoms with Crippen molar-refractivity contribution in [3.8, 4) is 0 Å². The average Bonchev–Trinajstić information content (AvgIpc) is 2.68. The minimum absolute atomic E-state index is 0.224. The van der Waals surface area contributed by atoms with Crippen LogP contribution in [0.5, 0.6) is 0 Å². The average molecular weight is 294 g/mol. The number of nitrogens with one attached hydrogen (secondary N) is 1. The maximum Gasteiger partial charge on any atom is 0.0654 e. The molecule has 0 aliphatic heterocycles. The molecule has 90 valence electrons. The van der Waals surface area contributed by atoms with Crippen LogP contribution in [0.25, 0.3) is 0 Å². The van der Waals surface area contributed by atoms with Crippen molar-refractivity contribution in [1.82, 2.24) is 9.78 Å². The fourth-order valence-corrected chi connectivity index (χ4v) is 2.46. The van der Waals surface area contributed by atoms with E-state index in [9.17, 15) is 0 Å². The summed E-state index contributed by atoms with van der Waals surface area (Å²) in [5.41, 5.74) is 3.51. The maximum absolute atomic E-state index is 4.18. The number of halogens is 1. The normalized spacial score (nSPS) is 12.5. The number of nitrogens with zero attached hydrogens (tertiary/aromatic N) is 2. The number of rotatable bonds is 3. The van der Waals surface area contributed by atoms with Gasteiger partial charge in [-0.2, -0.15) is 5.10 Å². The number of aromatic nitrogens is 2. The molecule has 0 bridgehead atoms. The molecule has 0 radical (unpaired) electrons. The third-order valence-corrected chi connectivity index (χ3v) is 3.46. The second-order valence-corrected chi connectivity index (χ2v) is 5.08. The second-order valence-electron chi connectivity index (χ2n) is 4.23. The van der Waals surface area contributed by atoms with E-state index in [0.717, 1.165) is 15.9 Å². The van der Waals surface area contributed by atoms with Gasteiger partial charge in [-0.15, -0.1) is 0 Å². The van der Waals surface area contributed by atoms with Crippen molar-refractivity contribution >= 4 is 21.6 Å². The van der Waals surface area contributed by atoms with Crippen LogP contribution in [0.4, 0.5) is 5.69 Å².